The third kappa shape index (κ3) is 6.22. The van der Waals surface area contributed by atoms with Gasteiger partial charge in [0, 0.05) is 19.1 Å². The van der Waals surface area contributed by atoms with Gasteiger partial charge in [-0.1, -0.05) is 30.7 Å². The van der Waals surface area contributed by atoms with Crippen LogP contribution in [0.1, 0.15) is 51.2 Å². The molecule has 1 aromatic rings. The SMILES string of the molecule is CCNC(=NCc1ccccc1CN1CCCCC1)NC(C)C. The molecule has 1 fully saturated rings. The zero-order valence-corrected chi connectivity index (χ0v) is 14.9. The van der Waals surface area contributed by atoms with Gasteiger partial charge in [0.25, 0.3) is 0 Å². The van der Waals surface area contributed by atoms with E-state index in [1.54, 1.807) is 0 Å². The Balaban J connectivity index is 2.03. The van der Waals surface area contributed by atoms with Gasteiger partial charge >= 0.3 is 0 Å². The van der Waals surface area contributed by atoms with E-state index in [9.17, 15) is 0 Å². The highest BCUT2D eigenvalue weighted by Crippen LogP contribution is 2.16. The second-order valence-electron chi connectivity index (χ2n) is 6.60. The number of guanidine groups is 1. The summed E-state index contributed by atoms with van der Waals surface area (Å²) in [4.78, 5) is 7.33. The summed E-state index contributed by atoms with van der Waals surface area (Å²) in [5, 5.41) is 6.69. The van der Waals surface area contributed by atoms with Gasteiger partial charge in [0.05, 0.1) is 6.54 Å². The first-order valence-corrected chi connectivity index (χ1v) is 9.03. The van der Waals surface area contributed by atoms with Crippen molar-refractivity contribution < 1.29 is 0 Å². The average molecular weight is 316 g/mol. The molecule has 23 heavy (non-hydrogen) atoms. The van der Waals surface area contributed by atoms with Crippen LogP contribution >= 0.6 is 0 Å². The Morgan fingerprint density at radius 3 is 2.48 bits per heavy atom. The van der Waals surface area contributed by atoms with Gasteiger partial charge < -0.3 is 10.6 Å². The lowest BCUT2D eigenvalue weighted by Crippen LogP contribution is -2.41. The van der Waals surface area contributed by atoms with Crippen LogP contribution in [0, 0.1) is 0 Å². The Morgan fingerprint density at radius 2 is 1.83 bits per heavy atom. The molecule has 0 aromatic heterocycles. The van der Waals surface area contributed by atoms with Gasteiger partial charge in [-0.25, -0.2) is 4.99 Å². The van der Waals surface area contributed by atoms with Gasteiger partial charge in [0.1, 0.15) is 0 Å². The Hall–Kier alpha value is -1.55. The zero-order chi connectivity index (χ0) is 16.5. The van der Waals surface area contributed by atoms with Crippen LogP contribution in [-0.2, 0) is 13.1 Å². The van der Waals surface area contributed by atoms with Crippen LogP contribution in [0.25, 0.3) is 0 Å². The minimum Gasteiger partial charge on any atom is -0.357 e. The summed E-state index contributed by atoms with van der Waals surface area (Å²) < 4.78 is 0. The van der Waals surface area contributed by atoms with Crippen LogP contribution in [0.3, 0.4) is 0 Å². The number of piperidine rings is 1. The average Bonchev–Trinajstić information content (AvgIpc) is 2.54. The third-order valence-electron chi connectivity index (χ3n) is 4.14. The van der Waals surface area contributed by atoms with Crippen LogP contribution in [0.5, 0.6) is 0 Å². The highest BCUT2D eigenvalue weighted by Gasteiger charge is 2.12. The largest absolute Gasteiger partial charge is 0.357 e. The number of aliphatic imine (C=N–C) groups is 1. The number of benzene rings is 1. The van der Waals surface area contributed by atoms with Gasteiger partial charge in [0.15, 0.2) is 5.96 Å². The first-order chi connectivity index (χ1) is 11.2. The normalized spacial score (nSPS) is 16.6. The Bertz CT molecular complexity index is 490. The maximum Gasteiger partial charge on any atom is 0.191 e. The lowest BCUT2D eigenvalue weighted by Gasteiger charge is -2.27. The molecule has 1 heterocycles. The first-order valence-electron chi connectivity index (χ1n) is 9.03. The highest BCUT2D eigenvalue weighted by atomic mass is 15.2. The fraction of sp³-hybridized carbons (Fsp3) is 0.632. The molecule has 2 rings (SSSR count). The Kier molecular flexibility index (Phi) is 7.40. The van der Waals surface area contributed by atoms with E-state index in [2.05, 4.69) is 60.6 Å². The number of nitrogens with one attached hydrogen (secondary N) is 2. The molecule has 128 valence electrons. The molecule has 1 aliphatic heterocycles. The van der Waals surface area contributed by atoms with Gasteiger partial charge in [-0.2, -0.15) is 0 Å². The number of nitrogens with zero attached hydrogens (tertiary/aromatic N) is 2. The fourth-order valence-corrected chi connectivity index (χ4v) is 2.98. The predicted octanol–water partition coefficient (Wildman–Crippen LogP) is 3.14. The summed E-state index contributed by atoms with van der Waals surface area (Å²) in [6.07, 6.45) is 4.06. The molecule has 0 unspecified atom stereocenters. The number of likely N-dealkylation sites (tertiary alicyclic amines) is 1. The van der Waals surface area contributed by atoms with Crippen molar-refractivity contribution in [2.24, 2.45) is 4.99 Å². The quantitative estimate of drug-likeness (QED) is 0.626. The van der Waals surface area contributed by atoms with Gasteiger partial charge in [0.2, 0.25) is 0 Å². The summed E-state index contributed by atoms with van der Waals surface area (Å²) in [6.45, 7) is 11.5. The van der Waals surface area contributed by atoms with E-state index in [1.165, 1.54) is 43.5 Å². The number of rotatable bonds is 6. The van der Waals surface area contributed by atoms with Crippen LogP contribution in [0.15, 0.2) is 29.3 Å². The summed E-state index contributed by atoms with van der Waals surface area (Å²) in [6, 6.07) is 9.11. The molecule has 1 saturated heterocycles. The van der Waals surface area contributed by atoms with Crippen LogP contribution in [0.2, 0.25) is 0 Å². The van der Waals surface area contributed by atoms with E-state index in [-0.39, 0.29) is 0 Å². The fourth-order valence-electron chi connectivity index (χ4n) is 2.98. The molecule has 0 amide bonds. The van der Waals surface area contributed by atoms with Crippen molar-refractivity contribution in [3.05, 3.63) is 35.4 Å². The molecule has 1 aromatic carbocycles. The Morgan fingerprint density at radius 1 is 1.13 bits per heavy atom. The van der Waals surface area contributed by atoms with Crippen molar-refractivity contribution >= 4 is 5.96 Å². The number of hydrogen-bond donors (Lipinski definition) is 2. The topological polar surface area (TPSA) is 39.7 Å². The Labute approximate surface area is 141 Å². The van der Waals surface area contributed by atoms with Gasteiger partial charge in [-0.3, -0.25) is 4.90 Å². The van der Waals surface area contributed by atoms with E-state index in [1.807, 2.05) is 0 Å². The van der Waals surface area contributed by atoms with Crippen molar-refractivity contribution in [3.63, 3.8) is 0 Å². The van der Waals surface area contributed by atoms with E-state index < -0.39 is 0 Å². The molecule has 0 spiro atoms. The predicted molar refractivity (Wildman–Crippen MR) is 98.7 cm³/mol. The van der Waals surface area contributed by atoms with E-state index >= 15 is 0 Å². The lowest BCUT2D eigenvalue weighted by molar-refractivity contribution is 0.220. The summed E-state index contributed by atoms with van der Waals surface area (Å²) >= 11 is 0. The van der Waals surface area contributed by atoms with Crippen molar-refractivity contribution in [2.45, 2.75) is 59.2 Å². The molecule has 0 saturated carbocycles. The van der Waals surface area contributed by atoms with Gasteiger partial charge in [-0.15, -0.1) is 0 Å². The molecule has 0 aliphatic carbocycles. The second-order valence-corrected chi connectivity index (χ2v) is 6.60. The van der Waals surface area contributed by atoms with Gasteiger partial charge in [-0.05, 0) is 57.8 Å². The van der Waals surface area contributed by atoms with E-state index in [0.29, 0.717) is 6.04 Å². The molecule has 0 radical (unpaired) electrons. The third-order valence-corrected chi connectivity index (χ3v) is 4.14. The molecular formula is C19H32N4. The molecule has 0 atom stereocenters. The van der Waals surface area contributed by atoms with Crippen LogP contribution in [-0.4, -0.2) is 36.5 Å². The maximum atomic E-state index is 4.75. The summed E-state index contributed by atoms with van der Waals surface area (Å²) in [7, 11) is 0. The zero-order valence-electron chi connectivity index (χ0n) is 14.9. The minimum atomic E-state index is 0.386. The molecule has 4 heteroatoms. The maximum absolute atomic E-state index is 4.75. The minimum absolute atomic E-state index is 0.386. The van der Waals surface area contributed by atoms with E-state index in [0.717, 1.165) is 25.6 Å². The molecular weight excluding hydrogens is 284 g/mol. The van der Waals surface area contributed by atoms with Crippen LogP contribution in [0.4, 0.5) is 0 Å². The summed E-state index contributed by atoms with van der Waals surface area (Å²) in [5.74, 6) is 0.898. The molecule has 2 N–H and O–H groups in total. The molecule has 4 nitrogen and oxygen atoms in total. The van der Waals surface area contributed by atoms with Crippen molar-refractivity contribution in [1.82, 2.24) is 15.5 Å². The van der Waals surface area contributed by atoms with Crippen LogP contribution < -0.4 is 10.6 Å². The number of hydrogen-bond acceptors (Lipinski definition) is 2. The van der Waals surface area contributed by atoms with Crippen molar-refractivity contribution in [1.29, 1.82) is 0 Å². The summed E-state index contributed by atoms with van der Waals surface area (Å²) in [5.41, 5.74) is 2.75. The highest BCUT2D eigenvalue weighted by molar-refractivity contribution is 5.80. The lowest BCUT2D eigenvalue weighted by atomic mass is 10.1. The molecule has 0 bridgehead atoms. The second kappa shape index (κ2) is 9.56. The smallest absolute Gasteiger partial charge is 0.191 e. The monoisotopic (exact) mass is 316 g/mol. The van der Waals surface area contributed by atoms with E-state index in [4.69, 9.17) is 4.99 Å². The van der Waals surface area contributed by atoms with Crippen molar-refractivity contribution in [3.8, 4) is 0 Å². The first kappa shape index (κ1) is 17.8. The standard InChI is InChI=1S/C19H32N4/c1-4-20-19(22-16(2)3)21-14-17-10-6-7-11-18(17)15-23-12-8-5-9-13-23/h6-7,10-11,16H,4-5,8-9,12-15H2,1-3H3,(H2,20,21,22). The van der Waals surface area contributed by atoms with Crippen molar-refractivity contribution in [2.75, 3.05) is 19.6 Å². The molecule has 1 aliphatic rings.